The summed E-state index contributed by atoms with van der Waals surface area (Å²) >= 11 is 0. The van der Waals surface area contributed by atoms with E-state index in [-0.39, 0.29) is 11.3 Å². The Kier molecular flexibility index (Phi) is 6.08. The van der Waals surface area contributed by atoms with E-state index >= 15 is 0 Å². The number of benzene rings is 2. The Morgan fingerprint density at radius 3 is 2.44 bits per heavy atom. The number of alkyl halides is 3. The molecule has 0 bridgehead atoms. The monoisotopic (exact) mass is 467 g/mol. The smallest absolute Gasteiger partial charge is 0.419 e. The lowest BCUT2D eigenvalue weighted by Crippen LogP contribution is -2.20. The molecule has 1 atom stereocenters. The van der Waals surface area contributed by atoms with Crippen LogP contribution in [0.4, 0.5) is 17.6 Å². The van der Waals surface area contributed by atoms with E-state index in [1.165, 1.54) is 19.3 Å². The second-order valence-corrected chi connectivity index (χ2v) is 8.04. The fourth-order valence-electron chi connectivity index (χ4n) is 4.16. The van der Waals surface area contributed by atoms with Gasteiger partial charge in [0.05, 0.1) is 22.9 Å². The highest BCUT2D eigenvalue weighted by Gasteiger charge is 2.35. The Bertz CT molecular complexity index is 1410. The van der Waals surface area contributed by atoms with Crippen molar-refractivity contribution in [2.24, 2.45) is 4.99 Å². The number of fused-ring (bicyclic) bond motifs is 1. The SMILES string of the molecule is CN=C(c1ncc(C)cc1C)C(c1ccc(C(F)(F)F)c(F)c1)c1ccc2cccnc2c1O. The van der Waals surface area contributed by atoms with Crippen molar-refractivity contribution < 1.29 is 22.7 Å². The molecule has 1 N–H and O–H groups in total. The van der Waals surface area contributed by atoms with Crippen molar-refractivity contribution in [1.82, 2.24) is 9.97 Å². The van der Waals surface area contributed by atoms with E-state index in [9.17, 15) is 22.7 Å². The number of nitrogens with zero attached hydrogens (tertiary/aromatic N) is 3. The van der Waals surface area contributed by atoms with Gasteiger partial charge in [0.15, 0.2) is 0 Å². The number of aromatic nitrogens is 2. The maximum atomic E-state index is 14.6. The van der Waals surface area contributed by atoms with Gasteiger partial charge < -0.3 is 5.11 Å². The highest BCUT2D eigenvalue weighted by molar-refractivity contribution is 6.07. The molecule has 2 aromatic carbocycles. The number of hydrogen-bond donors (Lipinski definition) is 1. The first-order valence-electron chi connectivity index (χ1n) is 10.5. The van der Waals surface area contributed by atoms with E-state index in [1.54, 1.807) is 30.5 Å². The third kappa shape index (κ3) is 4.23. The number of hydrogen-bond acceptors (Lipinski definition) is 4. The van der Waals surface area contributed by atoms with E-state index in [4.69, 9.17) is 0 Å². The molecule has 2 aromatic heterocycles. The maximum Gasteiger partial charge on any atom is 0.419 e. The van der Waals surface area contributed by atoms with Gasteiger partial charge in [0.2, 0.25) is 0 Å². The zero-order chi connectivity index (χ0) is 24.6. The van der Waals surface area contributed by atoms with Crippen molar-refractivity contribution in [1.29, 1.82) is 0 Å². The largest absolute Gasteiger partial charge is 0.505 e. The highest BCUT2D eigenvalue weighted by atomic mass is 19.4. The Balaban J connectivity index is 1.99. The fourth-order valence-corrected chi connectivity index (χ4v) is 4.16. The number of aryl methyl sites for hydroxylation is 2. The van der Waals surface area contributed by atoms with E-state index < -0.39 is 23.5 Å². The molecule has 4 aromatic rings. The standard InChI is InChI=1S/C26H21F4N3O/c1-14-11-15(2)22(33-13-14)24(31-3)21(17-7-9-19(20(27)12-17)26(28,29)30)18-8-6-16-5-4-10-32-23(16)25(18)34/h4-13,21,34H,1-3H3. The van der Waals surface area contributed by atoms with Crippen molar-refractivity contribution in [2.45, 2.75) is 25.9 Å². The van der Waals surface area contributed by atoms with Crippen LogP contribution in [0.25, 0.3) is 10.9 Å². The number of aliphatic imine (C=N–C) groups is 1. The Labute approximate surface area is 193 Å². The van der Waals surface area contributed by atoms with Crippen molar-refractivity contribution in [3.8, 4) is 5.75 Å². The van der Waals surface area contributed by atoms with E-state index in [1.807, 2.05) is 19.9 Å². The first kappa shape index (κ1) is 23.4. The first-order chi connectivity index (χ1) is 16.1. The van der Waals surface area contributed by atoms with Crippen LogP contribution in [0.2, 0.25) is 0 Å². The van der Waals surface area contributed by atoms with Crippen LogP contribution in [-0.4, -0.2) is 27.8 Å². The second kappa shape index (κ2) is 8.85. The Morgan fingerprint density at radius 1 is 1.03 bits per heavy atom. The van der Waals surface area contributed by atoms with Gasteiger partial charge in [-0.05, 0) is 48.7 Å². The summed E-state index contributed by atoms with van der Waals surface area (Å²) in [4.78, 5) is 13.1. The summed E-state index contributed by atoms with van der Waals surface area (Å²) < 4.78 is 54.2. The second-order valence-electron chi connectivity index (χ2n) is 8.04. The molecule has 4 nitrogen and oxygen atoms in total. The molecule has 0 saturated carbocycles. The van der Waals surface area contributed by atoms with Gasteiger partial charge in [0, 0.05) is 30.4 Å². The van der Waals surface area contributed by atoms with E-state index in [2.05, 4.69) is 15.0 Å². The van der Waals surface area contributed by atoms with Crippen molar-refractivity contribution in [2.75, 3.05) is 7.05 Å². The quantitative estimate of drug-likeness (QED) is 0.281. The molecule has 0 saturated heterocycles. The third-order valence-electron chi connectivity index (χ3n) is 5.69. The lowest BCUT2D eigenvalue weighted by molar-refractivity contribution is -0.140. The van der Waals surface area contributed by atoms with Crippen LogP contribution >= 0.6 is 0 Å². The van der Waals surface area contributed by atoms with Gasteiger partial charge in [0.25, 0.3) is 0 Å². The van der Waals surface area contributed by atoms with E-state index in [0.29, 0.717) is 33.9 Å². The number of phenols is 1. The van der Waals surface area contributed by atoms with Crippen LogP contribution in [0.5, 0.6) is 5.75 Å². The summed E-state index contributed by atoms with van der Waals surface area (Å²) in [5.41, 5.74) is 2.07. The molecule has 2 heterocycles. The number of halogens is 4. The van der Waals surface area contributed by atoms with Crippen molar-refractivity contribution >= 4 is 16.6 Å². The topological polar surface area (TPSA) is 58.4 Å². The van der Waals surface area contributed by atoms with Gasteiger partial charge in [-0.2, -0.15) is 13.2 Å². The Morgan fingerprint density at radius 2 is 1.79 bits per heavy atom. The molecule has 1 unspecified atom stereocenters. The number of aromatic hydroxyl groups is 1. The van der Waals surface area contributed by atoms with Gasteiger partial charge in [-0.3, -0.25) is 15.0 Å². The van der Waals surface area contributed by atoms with Gasteiger partial charge in [0.1, 0.15) is 17.1 Å². The van der Waals surface area contributed by atoms with Crippen LogP contribution in [0, 0.1) is 19.7 Å². The van der Waals surface area contributed by atoms with Crippen LogP contribution in [0.15, 0.2) is 65.9 Å². The molecule has 0 aliphatic heterocycles. The molecule has 174 valence electrons. The predicted octanol–water partition coefficient (Wildman–Crippen LogP) is 6.36. The van der Waals surface area contributed by atoms with Crippen LogP contribution in [-0.2, 0) is 6.18 Å². The normalized spacial score (nSPS) is 13.3. The van der Waals surface area contributed by atoms with Crippen LogP contribution in [0.3, 0.4) is 0 Å². The van der Waals surface area contributed by atoms with E-state index in [0.717, 1.165) is 17.2 Å². The summed E-state index contributed by atoms with van der Waals surface area (Å²) in [6, 6.07) is 11.5. The molecule has 34 heavy (non-hydrogen) atoms. The van der Waals surface area contributed by atoms with Gasteiger partial charge in [-0.25, -0.2) is 4.39 Å². The molecule has 4 rings (SSSR count). The number of phenolic OH excluding ortho intramolecular Hbond substituents is 1. The Hall–Kier alpha value is -3.81. The molecule has 0 radical (unpaired) electrons. The van der Waals surface area contributed by atoms with Gasteiger partial charge in [-0.15, -0.1) is 0 Å². The zero-order valence-corrected chi connectivity index (χ0v) is 18.7. The summed E-state index contributed by atoms with van der Waals surface area (Å²) in [6.07, 6.45) is -1.65. The molecule has 0 aliphatic carbocycles. The minimum Gasteiger partial charge on any atom is -0.505 e. The summed E-state index contributed by atoms with van der Waals surface area (Å²) in [7, 11) is 1.53. The molecule has 0 spiro atoms. The predicted molar refractivity (Wildman–Crippen MR) is 123 cm³/mol. The summed E-state index contributed by atoms with van der Waals surface area (Å²) in [5, 5.41) is 11.8. The molecular weight excluding hydrogens is 446 g/mol. The van der Waals surface area contributed by atoms with Gasteiger partial charge >= 0.3 is 6.18 Å². The third-order valence-corrected chi connectivity index (χ3v) is 5.69. The molecule has 8 heteroatoms. The highest BCUT2D eigenvalue weighted by Crippen LogP contribution is 2.40. The molecule has 0 amide bonds. The summed E-state index contributed by atoms with van der Waals surface area (Å²) in [6.45, 7) is 3.73. The van der Waals surface area contributed by atoms with Crippen molar-refractivity contribution in [3.63, 3.8) is 0 Å². The minimum atomic E-state index is -4.83. The summed E-state index contributed by atoms with van der Waals surface area (Å²) in [5.74, 6) is -2.46. The molecule has 0 aliphatic rings. The average molecular weight is 467 g/mol. The lowest BCUT2D eigenvalue weighted by atomic mass is 9.83. The van der Waals surface area contributed by atoms with Crippen molar-refractivity contribution in [3.05, 3.63) is 100 Å². The first-order valence-corrected chi connectivity index (χ1v) is 10.5. The number of rotatable bonds is 4. The average Bonchev–Trinajstić information content (AvgIpc) is 2.78. The maximum absolute atomic E-state index is 14.6. The molecule has 0 fully saturated rings. The van der Waals surface area contributed by atoms with Crippen LogP contribution in [0.1, 0.15) is 39.4 Å². The molecular formula is C26H21F4N3O. The lowest BCUT2D eigenvalue weighted by Gasteiger charge is -2.23. The fraction of sp³-hybridized carbons (Fsp3) is 0.192. The number of pyridine rings is 2. The van der Waals surface area contributed by atoms with Crippen LogP contribution < -0.4 is 0 Å². The minimum absolute atomic E-state index is 0.158. The van der Waals surface area contributed by atoms with Gasteiger partial charge in [-0.1, -0.05) is 30.3 Å². The zero-order valence-electron chi connectivity index (χ0n) is 18.7.